The number of hydrogen-bond acceptors (Lipinski definition) is 3. The third kappa shape index (κ3) is 5.35. The molecule has 6 heteroatoms. The quantitative estimate of drug-likeness (QED) is 0.700. The maximum atomic E-state index is 13.0. The van der Waals surface area contributed by atoms with Gasteiger partial charge < -0.3 is 14.7 Å². The monoisotopic (exact) mass is 423 g/mol. The molecular weight excluding hydrogens is 390 g/mol. The molecule has 1 aromatic rings. The van der Waals surface area contributed by atoms with Crippen LogP contribution in [0.25, 0.3) is 6.08 Å². The van der Waals surface area contributed by atoms with Crippen molar-refractivity contribution in [2.75, 3.05) is 39.3 Å². The van der Waals surface area contributed by atoms with Crippen LogP contribution in [-0.2, 0) is 14.4 Å². The molecule has 0 spiro atoms. The van der Waals surface area contributed by atoms with Crippen LogP contribution in [0.4, 0.5) is 0 Å². The van der Waals surface area contributed by atoms with Gasteiger partial charge in [-0.1, -0.05) is 30.3 Å². The molecule has 3 heterocycles. The summed E-state index contributed by atoms with van der Waals surface area (Å²) >= 11 is 0. The lowest BCUT2D eigenvalue weighted by Gasteiger charge is -2.37. The Hall–Kier alpha value is -2.63. The molecule has 3 amide bonds. The second-order valence-corrected chi connectivity index (χ2v) is 8.98. The van der Waals surface area contributed by atoms with Gasteiger partial charge in [0.2, 0.25) is 17.7 Å². The van der Waals surface area contributed by atoms with E-state index in [1.165, 1.54) is 0 Å². The fourth-order valence-electron chi connectivity index (χ4n) is 4.98. The van der Waals surface area contributed by atoms with Gasteiger partial charge in [-0.15, -0.1) is 0 Å². The lowest BCUT2D eigenvalue weighted by molar-refractivity contribution is -0.143. The highest BCUT2D eigenvalue weighted by Crippen LogP contribution is 2.26. The summed E-state index contributed by atoms with van der Waals surface area (Å²) in [6.07, 6.45) is 8.70. The van der Waals surface area contributed by atoms with E-state index in [0.29, 0.717) is 32.1 Å². The third-order valence-electron chi connectivity index (χ3n) is 6.95. The fraction of sp³-hybridized carbons (Fsp3) is 0.560. The molecule has 3 saturated heterocycles. The van der Waals surface area contributed by atoms with E-state index in [4.69, 9.17) is 0 Å². The Balaban J connectivity index is 1.21. The van der Waals surface area contributed by atoms with Crippen LogP contribution in [0.2, 0.25) is 0 Å². The van der Waals surface area contributed by atoms with Crippen LogP contribution in [0, 0.1) is 11.8 Å². The summed E-state index contributed by atoms with van der Waals surface area (Å²) in [6.45, 7) is 4.41. The van der Waals surface area contributed by atoms with E-state index in [1.54, 1.807) is 6.08 Å². The lowest BCUT2D eigenvalue weighted by Crippen LogP contribution is -2.48. The van der Waals surface area contributed by atoms with Gasteiger partial charge in [0.15, 0.2) is 0 Å². The molecule has 0 aliphatic carbocycles. The molecule has 3 aliphatic rings. The van der Waals surface area contributed by atoms with Crippen molar-refractivity contribution in [3.8, 4) is 0 Å². The molecule has 0 saturated carbocycles. The highest BCUT2D eigenvalue weighted by Gasteiger charge is 2.34. The zero-order chi connectivity index (χ0) is 21.6. The van der Waals surface area contributed by atoms with Crippen molar-refractivity contribution in [3.05, 3.63) is 42.0 Å². The van der Waals surface area contributed by atoms with Crippen LogP contribution in [0.5, 0.6) is 0 Å². The molecule has 0 atom stereocenters. The van der Waals surface area contributed by atoms with Crippen molar-refractivity contribution in [1.29, 1.82) is 0 Å². The highest BCUT2D eigenvalue weighted by atomic mass is 16.2. The summed E-state index contributed by atoms with van der Waals surface area (Å²) in [6, 6.07) is 9.79. The largest absolute Gasteiger partial charge is 0.342 e. The summed E-state index contributed by atoms with van der Waals surface area (Å²) in [5.74, 6) is 0.584. The maximum absolute atomic E-state index is 13.0. The van der Waals surface area contributed by atoms with E-state index in [2.05, 4.69) is 0 Å². The van der Waals surface area contributed by atoms with Gasteiger partial charge in [-0.2, -0.15) is 0 Å². The van der Waals surface area contributed by atoms with Gasteiger partial charge >= 0.3 is 0 Å². The number of amides is 3. The van der Waals surface area contributed by atoms with Crippen molar-refractivity contribution in [1.82, 2.24) is 14.7 Å². The van der Waals surface area contributed by atoms with Gasteiger partial charge in [0.25, 0.3) is 0 Å². The van der Waals surface area contributed by atoms with Crippen molar-refractivity contribution >= 4 is 23.8 Å². The van der Waals surface area contributed by atoms with Gasteiger partial charge in [0.1, 0.15) is 0 Å². The molecule has 0 radical (unpaired) electrons. The molecule has 0 aromatic heterocycles. The summed E-state index contributed by atoms with van der Waals surface area (Å²) < 4.78 is 0. The van der Waals surface area contributed by atoms with E-state index in [0.717, 1.165) is 57.2 Å². The summed E-state index contributed by atoms with van der Waals surface area (Å²) in [5, 5.41) is 0. The Bertz CT molecular complexity index is 801. The summed E-state index contributed by atoms with van der Waals surface area (Å²) in [7, 11) is 0. The van der Waals surface area contributed by atoms with E-state index in [9.17, 15) is 14.4 Å². The lowest BCUT2D eigenvalue weighted by atomic mass is 9.91. The molecular formula is C25H33N3O3. The van der Waals surface area contributed by atoms with Crippen molar-refractivity contribution in [2.45, 2.75) is 38.5 Å². The fourth-order valence-corrected chi connectivity index (χ4v) is 4.98. The molecule has 1 aromatic carbocycles. The Morgan fingerprint density at radius 2 is 1.16 bits per heavy atom. The van der Waals surface area contributed by atoms with Crippen LogP contribution in [-0.4, -0.2) is 71.7 Å². The van der Waals surface area contributed by atoms with Crippen LogP contribution >= 0.6 is 0 Å². The SMILES string of the molecule is O=C(/C=C/c1ccccc1)N1CCC(C(=O)N2CCC(C(=O)N3CCCC3)CC2)CC1. The Labute approximate surface area is 184 Å². The first-order valence-corrected chi connectivity index (χ1v) is 11.7. The predicted molar refractivity (Wildman–Crippen MR) is 120 cm³/mol. The van der Waals surface area contributed by atoms with E-state index < -0.39 is 0 Å². The molecule has 4 rings (SSSR count). The van der Waals surface area contributed by atoms with Gasteiger partial charge in [0.05, 0.1) is 0 Å². The van der Waals surface area contributed by atoms with E-state index in [-0.39, 0.29) is 23.7 Å². The average molecular weight is 424 g/mol. The minimum absolute atomic E-state index is 0.00649. The molecule has 3 fully saturated rings. The zero-order valence-corrected chi connectivity index (χ0v) is 18.2. The van der Waals surface area contributed by atoms with E-state index >= 15 is 0 Å². The number of nitrogens with zero attached hydrogens (tertiary/aromatic N) is 3. The standard InChI is InChI=1S/C25H33N3O3/c29-23(9-8-20-6-2-1-3-7-20)26-16-10-21(11-17-26)25(31)28-18-12-22(13-19-28)24(30)27-14-4-5-15-27/h1-3,6-9,21-22H,4-5,10-19H2/b9-8+. The first-order chi connectivity index (χ1) is 15.1. The Kier molecular flexibility index (Phi) is 7.05. The molecule has 0 unspecified atom stereocenters. The van der Waals surface area contributed by atoms with E-state index in [1.807, 2.05) is 51.1 Å². The van der Waals surface area contributed by atoms with Crippen molar-refractivity contribution < 1.29 is 14.4 Å². The number of carbonyl (C=O) groups excluding carboxylic acids is 3. The average Bonchev–Trinajstić information content (AvgIpc) is 3.37. The number of piperidine rings is 2. The predicted octanol–water partition coefficient (Wildman–Crippen LogP) is 2.80. The second-order valence-electron chi connectivity index (χ2n) is 8.98. The molecule has 0 bridgehead atoms. The van der Waals surface area contributed by atoms with Crippen LogP contribution in [0.1, 0.15) is 44.1 Å². The Morgan fingerprint density at radius 1 is 0.677 bits per heavy atom. The second kappa shape index (κ2) is 10.1. The zero-order valence-electron chi connectivity index (χ0n) is 18.2. The minimum Gasteiger partial charge on any atom is -0.342 e. The highest BCUT2D eigenvalue weighted by molar-refractivity contribution is 5.92. The summed E-state index contributed by atoms with van der Waals surface area (Å²) in [5.41, 5.74) is 1.01. The number of carbonyl (C=O) groups is 3. The molecule has 6 nitrogen and oxygen atoms in total. The van der Waals surface area contributed by atoms with Gasteiger partial charge in [-0.25, -0.2) is 0 Å². The van der Waals surface area contributed by atoms with Crippen molar-refractivity contribution in [3.63, 3.8) is 0 Å². The van der Waals surface area contributed by atoms with Gasteiger partial charge in [0, 0.05) is 57.2 Å². The first kappa shape index (κ1) is 21.6. The Morgan fingerprint density at radius 3 is 1.71 bits per heavy atom. The number of benzene rings is 1. The summed E-state index contributed by atoms with van der Waals surface area (Å²) in [4.78, 5) is 43.8. The smallest absolute Gasteiger partial charge is 0.246 e. The molecule has 3 aliphatic heterocycles. The third-order valence-corrected chi connectivity index (χ3v) is 6.95. The molecule has 0 N–H and O–H groups in total. The maximum Gasteiger partial charge on any atom is 0.246 e. The normalized spacial score (nSPS) is 21.1. The number of likely N-dealkylation sites (tertiary alicyclic amines) is 3. The number of hydrogen-bond donors (Lipinski definition) is 0. The van der Waals surface area contributed by atoms with Crippen LogP contribution < -0.4 is 0 Å². The number of rotatable bonds is 4. The molecule has 166 valence electrons. The topological polar surface area (TPSA) is 60.9 Å². The van der Waals surface area contributed by atoms with Crippen LogP contribution in [0.15, 0.2) is 36.4 Å². The van der Waals surface area contributed by atoms with Crippen molar-refractivity contribution in [2.24, 2.45) is 11.8 Å². The van der Waals surface area contributed by atoms with Crippen LogP contribution in [0.3, 0.4) is 0 Å². The minimum atomic E-state index is -0.00649. The first-order valence-electron chi connectivity index (χ1n) is 11.7. The van der Waals surface area contributed by atoms with Gasteiger partial charge in [-0.3, -0.25) is 14.4 Å². The molecule has 31 heavy (non-hydrogen) atoms. The van der Waals surface area contributed by atoms with Gasteiger partial charge in [-0.05, 0) is 50.2 Å².